The molecule has 1 fully saturated rings. The van der Waals surface area contributed by atoms with Gasteiger partial charge in [0.25, 0.3) is 11.5 Å². The maximum absolute atomic E-state index is 13.0. The summed E-state index contributed by atoms with van der Waals surface area (Å²) in [7, 11) is 0. The van der Waals surface area contributed by atoms with E-state index >= 15 is 0 Å². The molecule has 0 aromatic carbocycles. The molecule has 1 amide bonds. The third kappa shape index (κ3) is 3.66. The summed E-state index contributed by atoms with van der Waals surface area (Å²) >= 11 is 6.37. The SMILES string of the molecule is C=CCN1C(=O)/C(=C\c2c(NCCO)nc3c(C)cccn3c2=O)SC1=S. The highest BCUT2D eigenvalue weighted by Crippen LogP contribution is 2.32. The second kappa shape index (κ2) is 8.03. The highest BCUT2D eigenvalue weighted by molar-refractivity contribution is 8.26. The fourth-order valence-electron chi connectivity index (χ4n) is 2.67. The molecule has 1 aliphatic heterocycles. The van der Waals surface area contributed by atoms with E-state index < -0.39 is 0 Å². The van der Waals surface area contributed by atoms with Crippen LogP contribution in [0.5, 0.6) is 0 Å². The van der Waals surface area contributed by atoms with Crippen molar-refractivity contribution in [2.45, 2.75) is 6.92 Å². The van der Waals surface area contributed by atoms with Crippen LogP contribution in [0.2, 0.25) is 0 Å². The van der Waals surface area contributed by atoms with E-state index in [2.05, 4.69) is 16.9 Å². The number of rotatable bonds is 6. The molecule has 0 aliphatic carbocycles. The number of fused-ring (bicyclic) bond motifs is 1. The number of amides is 1. The smallest absolute Gasteiger partial charge is 0.267 e. The summed E-state index contributed by atoms with van der Waals surface area (Å²) in [5, 5.41) is 12.1. The molecule has 2 N–H and O–H groups in total. The molecule has 9 heteroatoms. The van der Waals surface area contributed by atoms with Gasteiger partial charge in [0.1, 0.15) is 15.8 Å². The summed E-state index contributed by atoms with van der Waals surface area (Å²) in [6.07, 6.45) is 4.73. The third-order valence-electron chi connectivity index (χ3n) is 3.95. The minimum Gasteiger partial charge on any atom is -0.395 e. The number of aliphatic hydroxyl groups excluding tert-OH is 1. The van der Waals surface area contributed by atoms with E-state index in [-0.39, 0.29) is 30.2 Å². The molecular formula is C18H18N4O3S2. The number of nitrogens with one attached hydrogen (secondary N) is 1. The van der Waals surface area contributed by atoms with E-state index in [9.17, 15) is 9.59 Å². The molecule has 0 saturated carbocycles. The van der Waals surface area contributed by atoms with Gasteiger partial charge in [-0.05, 0) is 24.6 Å². The van der Waals surface area contributed by atoms with Crippen LogP contribution in [0, 0.1) is 6.92 Å². The Morgan fingerprint density at radius 1 is 1.44 bits per heavy atom. The normalized spacial score (nSPS) is 15.8. The Morgan fingerprint density at radius 2 is 2.22 bits per heavy atom. The molecular weight excluding hydrogens is 384 g/mol. The van der Waals surface area contributed by atoms with Crippen molar-refractivity contribution < 1.29 is 9.90 Å². The average Bonchev–Trinajstić information content (AvgIpc) is 2.91. The predicted octanol–water partition coefficient (Wildman–Crippen LogP) is 1.79. The number of aromatic nitrogens is 2. The zero-order chi connectivity index (χ0) is 19.6. The van der Waals surface area contributed by atoms with Gasteiger partial charge in [0.15, 0.2) is 0 Å². The van der Waals surface area contributed by atoms with Crippen LogP contribution in [0.1, 0.15) is 11.1 Å². The van der Waals surface area contributed by atoms with E-state index in [0.717, 1.165) is 17.3 Å². The van der Waals surface area contributed by atoms with E-state index in [1.54, 1.807) is 18.3 Å². The number of pyridine rings is 1. The molecule has 0 bridgehead atoms. The minimum absolute atomic E-state index is 0.115. The van der Waals surface area contributed by atoms with Crippen LogP contribution in [-0.2, 0) is 4.79 Å². The zero-order valence-electron chi connectivity index (χ0n) is 14.6. The molecule has 0 atom stereocenters. The summed E-state index contributed by atoms with van der Waals surface area (Å²) in [5.74, 6) is 0.0455. The van der Waals surface area contributed by atoms with Crippen LogP contribution in [0.25, 0.3) is 11.7 Å². The van der Waals surface area contributed by atoms with Crippen molar-refractivity contribution in [3.05, 3.63) is 57.4 Å². The maximum atomic E-state index is 13.0. The molecule has 2 aromatic rings. The van der Waals surface area contributed by atoms with Gasteiger partial charge in [-0.1, -0.05) is 36.1 Å². The number of hydrogen-bond acceptors (Lipinski definition) is 7. The summed E-state index contributed by atoms with van der Waals surface area (Å²) in [5.41, 5.74) is 1.29. The lowest BCUT2D eigenvalue weighted by atomic mass is 10.2. The van der Waals surface area contributed by atoms with Gasteiger partial charge in [0.05, 0.1) is 17.1 Å². The van der Waals surface area contributed by atoms with Crippen molar-refractivity contribution in [2.24, 2.45) is 0 Å². The molecule has 140 valence electrons. The Hall–Kier alpha value is -2.49. The zero-order valence-corrected chi connectivity index (χ0v) is 16.3. The Balaban J connectivity index is 2.17. The fourth-order valence-corrected chi connectivity index (χ4v) is 3.93. The number of nitrogens with zero attached hydrogens (tertiary/aromatic N) is 3. The lowest BCUT2D eigenvalue weighted by molar-refractivity contribution is -0.121. The Bertz CT molecular complexity index is 1030. The highest BCUT2D eigenvalue weighted by atomic mass is 32.2. The molecule has 1 saturated heterocycles. The molecule has 0 spiro atoms. The summed E-state index contributed by atoms with van der Waals surface area (Å²) in [4.78, 5) is 31.9. The summed E-state index contributed by atoms with van der Waals surface area (Å²) in [6, 6.07) is 3.62. The van der Waals surface area contributed by atoms with Gasteiger partial charge in [-0.25, -0.2) is 4.98 Å². The molecule has 2 aromatic heterocycles. The fraction of sp³-hybridized carbons (Fsp3) is 0.222. The average molecular weight is 403 g/mol. The minimum atomic E-state index is -0.307. The topological polar surface area (TPSA) is 86.9 Å². The first-order chi connectivity index (χ1) is 13.0. The van der Waals surface area contributed by atoms with Gasteiger partial charge in [0, 0.05) is 19.3 Å². The van der Waals surface area contributed by atoms with Gasteiger partial charge in [-0.2, -0.15) is 0 Å². The van der Waals surface area contributed by atoms with Crippen LogP contribution in [-0.4, -0.2) is 49.3 Å². The number of hydrogen-bond donors (Lipinski definition) is 2. The monoisotopic (exact) mass is 402 g/mol. The van der Waals surface area contributed by atoms with E-state index in [0.29, 0.717) is 27.2 Å². The maximum Gasteiger partial charge on any atom is 0.267 e. The largest absolute Gasteiger partial charge is 0.395 e. The number of thioether (sulfide) groups is 1. The quantitative estimate of drug-likeness (QED) is 0.433. The van der Waals surface area contributed by atoms with Gasteiger partial charge in [-0.3, -0.25) is 18.9 Å². The lowest BCUT2D eigenvalue weighted by Crippen LogP contribution is -2.28. The number of aliphatic hydroxyl groups is 1. The van der Waals surface area contributed by atoms with Crippen molar-refractivity contribution in [1.82, 2.24) is 14.3 Å². The van der Waals surface area contributed by atoms with Crippen molar-refractivity contribution in [2.75, 3.05) is 25.0 Å². The molecule has 0 unspecified atom stereocenters. The van der Waals surface area contributed by atoms with Crippen molar-refractivity contribution >= 4 is 51.7 Å². The Morgan fingerprint density at radius 3 is 2.93 bits per heavy atom. The second-order valence-corrected chi connectivity index (χ2v) is 7.47. The number of carbonyl (C=O) groups excluding carboxylic acids is 1. The Labute approximate surface area is 165 Å². The van der Waals surface area contributed by atoms with Crippen molar-refractivity contribution in [3.8, 4) is 0 Å². The van der Waals surface area contributed by atoms with Gasteiger partial charge in [0.2, 0.25) is 0 Å². The van der Waals surface area contributed by atoms with Crippen LogP contribution in [0.3, 0.4) is 0 Å². The van der Waals surface area contributed by atoms with Crippen molar-refractivity contribution in [3.63, 3.8) is 0 Å². The number of anilines is 1. The first-order valence-corrected chi connectivity index (χ1v) is 9.43. The molecule has 3 heterocycles. The molecule has 7 nitrogen and oxygen atoms in total. The predicted molar refractivity (Wildman–Crippen MR) is 112 cm³/mol. The van der Waals surface area contributed by atoms with Gasteiger partial charge in [-0.15, -0.1) is 6.58 Å². The van der Waals surface area contributed by atoms with Gasteiger partial charge >= 0.3 is 0 Å². The van der Waals surface area contributed by atoms with E-state index in [1.807, 2.05) is 13.0 Å². The summed E-state index contributed by atoms with van der Waals surface area (Å²) < 4.78 is 1.86. The van der Waals surface area contributed by atoms with E-state index in [4.69, 9.17) is 17.3 Å². The van der Waals surface area contributed by atoms with Gasteiger partial charge < -0.3 is 10.4 Å². The molecule has 27 heavy (non-hydrogen) atoms. The van der Waals surface area contributed by atoms with Crippen LogP contribution < -0.4 is 10.9 Å². The molecule has 1 aliphatic rings. The first-order valence-electron chi connectivity index (χ1n) is 8.21. The number of carbonyl (C=O) groups is 1. The van der Waals surface area contributed by atoms with Crippen LogP contribution >= 0.6 is 24.0 Å². The van der Waals surface area contributed by atoms with Crippen molar-refractivity contribution in [1.29, 1.82) is 0 Å². The van der Waals surface area contributed by atoms with Crippen LogP contribution in [0.15, 0.2) is 40.7 Å². The first kappa shape index (κ1) is 19.3. The number of thiocarbonyl (C=S) groups is 1. The summed E-state index contributed by atoms with van der Waals surface area (Å²) in [6.45, 7) is 5.91. The number of aryl methyl sites for hydroxylation is 1. The molecule has 0 radical (unpaired) electrons. The molecule has 3 rings (SSSR count). The Kier molecular flexibility index (Phi) is 5.73. The van der Waals surface area contributed by atoms with E-state index in [1.165, 1.54) is 15.4 Å². The lowest BCUT2D eigenvalue weighted by Gasteiger charge is -2.12. The third-order valence-corrected chi connectivity index (χ3v) is 5.33. The standard InChI is InChI=1S/C18H18N4O3S2/c1-3-7-22-17(25)13(27-18(22)26)10-12-14(19-6-9-23)20-15-11(2)5-4-8-21(15)16(12)24/h3-5,8,10,19,23H,1,6-7,9H2,2H3/b13-10+. The van der Waals surface area contributed by atoms with Crippen LogP contribution in [0.4, 0.5) is 5.82 Å². The highest BCUT2D eigenvalue weighted by Gasteiger charge is 2.31. The second-order valence-electron chi connectivity index (χ2n) is 5.80.